The Labute approximate surface area is 165 Å². The van der Waals surface area contributed by atoms with E-state index in [1.807, 2.05) is 0 Å². The molecular formula is C20H28N2O6. The van der Waals surface area contributed by atoms with E-state index in [0.717, 1.165) is 5.56 Å². The van der Waals surface area contributed by atoms with Gasteiger partial charge < -0.3 is 24.8 Å². The van der Waals surface area contributed by atoms with Crippen LogP contribution in [-0.4, -0.2) is 49.9 Å². The van der Waals surface area contributed by atoms with E-state index >= 15 is 0 Å². The number of rotatable bonds is 9. The van der Waals surface area contributed by atoms with Gasteiger partial charge >= 0.3 is 12.1 Å². The zero-order chi connectivity index (χ0) is 21.0. The lowest BCUT2D eigenvalue weighted by Gasteiger charge is -2.19. The summed E-state index contributed by atoms with van der Waals surface area (Å²) in [7, 11) is 0. The molecule has 1 rings (SSSR count). The molecule has 0 heterocycles. The predicted molar refractivity (Wildman–Crippen MR) is 106 cm³/mol. The van der Waals surface area contributed by atoms with Crippen LogP contribution >= 0.6 is 0 Å². The number of carbonyl (C=O) groups excluding carboxylic acids is 3. The summed E-state index contributed by atoms with van der Waals surface area (Å²) in [4.78, 5) is 34.0. The van der Waals surface area contributed by atoms with Gasteiger partial charge in [-0.25, -0.2) is 9.59 Å². The van der Waals surface area contributed by atoms with Gasteiger partial charge in [-0.15, -0.1) is 0 Å². The third-order valence-corrected chi connectivity index (χ3v) is 3.03. The van der Waals surface area contributed by atoms with Crippen molar-refractivity contribution in [2.75, 3.05) is 31.7 Å². The third-order valence-electron chi connectivity index (χ3n) is 3.03. The van der Waals surface area contributed by atoms with Gasteiger partial charge in [0, 0.05) is 25.2 Å². The number of nitrogens with one attached hydrogen (secondary N) is 2. The molecule has 2 amide bonds. The SMILES string of the molecule is CC(=O)Nc1ccc(/C=C/C(=O)OCCOCCNC(=O)OC(C)(C)C)cc1. The molecule has 0 spiro atoms. The van der Waals surface area contributed by atoms with E-state index in [0.29, 0.717) is 12.2 Å². The average molecular weight is 392 g/mol. The van der Waals surface area contributed by atoms with Gasteiger partial charge in [-0.05, 0) is 44.5 Å². The normalized spacial score (nSPS) is 11.1. The highest BCUT2D eigenvalue weighted by Crippen LogP contribution is 2.10. The molecule has 2 N–H and O–H groups in total. The second-order valence-electron chi connectivity index (χ2n) is 6.85. The van der Waals surface area contributed by atoms with Crippen molar-refractivity contribution in [2.24, 2.45) is 0 Å². The fourth-order valence-corrected chi connectivity index (χ4v) is 1.94. The number of esters is 1. The summed E-state index contributed by atoms with van der Waals surface area (Å²) in [6.45, 7) is 7.71. The first-order valence-electron chi connectivity index (χ1n) is 8.93. The predicted octanol–water partition coefficient (Wildman–Crippen LogP) is 2.74. The molecule has 0 aromatic heterocycles. The molecule has 1 aromatic rings. The smallest absolute Gasteiger partial charge is 0.407 e. The Balaban J connectivity index is 2.14. The van der Waals surface area contributed by atoms with E-state index in [2.05, 4.69) is 10.6 Å². The lowest BCUT2D eigenvalue weighted by molar-refractivity contribution is -0.139. The molecule has 0 radical (unpaired) electrons. The molecule has 0 saturated heterocycles. The van der Waals surface area contributed by atoms with E-state index in [-0.39, 0.29) is 25.7 Å². The van der Waals surface area contributed by atoms with Crippen molar-refractivity contribution < 1.29 is 28.6 Å². The van der Waals surface area contributed by atoms with Gasteiger partial charge in [-0.3, -0.25) is 4.79 Å². The molecule has 0 aliphatic heterocycles. The van der Waals surface area contributed by atoms with E-state index in [1.54, 1.807) is 51.1 Å². The highest BCUT2D eigenvalue weighted by molar-refractivity contribution is 5.89. The standard InChI is InChI=1S/C20H28N2O6/c1-15(23)22-17-8-5-16(6-9-17)7-10-18(24)27-14-13-26-12-11-21-19(25)28-20(2,3)4/h5-10H,11-14H2,1-4H3,(H,21,25)(H,22,23)/b10-7+. The fourth-order valence-electron chi connectivity index (χ4n) is 1.94. The Kier molecular flexibility index (Phi) is 9.73. The van der Waals surface area contributed by atoms with Crippen molar-refractivity contribution in [3.05, 3.63) is 35.9 Å². The molecule has 1 aromatic carbocycles. The summed E-state index contributed by atoms with van der Waals surface area (Å²) in [6.07, 6.45) is 2.43. The molecule has 0 fully saturated rings. The Morgan fingerprint density at radius 3 is 2.32 bits per heavy atom. The summed E-state index contributed by atoms with van der Waals surface area (Å²) in [5.41, 5.74) is 0.946. The molecule has 8 heteroatoms. The van der Waals surface area contributed by atoms with Crippen molar-refractivity contribution in [1.29, 1.82) is 0 Å². The molecular weight excluding hydrogens is 364 g/mol. The molecule has 0 saturated carbocycles. The van der Waals surface area contributed by atoms with Crippen LogP contribution in [0.25, 0.3) is 6.08 Å². The van der Waals surface area contributed by atoms with Crippen LogP contribution in [0, 0.1) is 0 Å². The quantitative estimate of drug-likeness (QED) is 0.381. The number of hydrogen-bond acceptors (Lipinski definition) is 6. The summed E-state index contributed by atoms with van der Waals surface area (Å²) in [6, 6.07) is 7.03. The topological polar surface area (TPSA) is 103 Å². The zero-order valence-corrected chi connectivity index (χ0v) is 16.7. The second-order valence-corrected chi connectivity index (χ2v) is 6.85. The molecule has 0 atom stereocenters. The lowest BCUT2D eigenvalue weighted by Crippen LogP contribution is -2.34. The van der Waals surface area contributed by atoms with Gasteiger partial charge in [0.1, 0.15) is 12.2 Å². The van der Waals surface area contributed by atoms with Crippen LogP contribution in [0.15, 0.2) is 30.3 Å². The number of amides is 2. The molecule has 8 nitrogen and oxygen atoms in total. The minimum atomic E-state index is -0.542. The number of anilines is 1. The molecule has 28 heavy (non-hydrogen) atoms. The van der Waals surface area contributed by atoms with Crippen LogP contribution in [0.5, 0.6) is 0 Å². The van der Waals surface area contributed by atoms with Crippen molar-refractivity contribution in [1.82, 2.24) is 5.32 Å². The van der Waals surface area contributed by atoms with Crippen LogP contribution in [-0.2, 0) is 23.8 Å². The van der Waals surface area contributed by atoms with Gasteiger partial charge in [0.15, 0.2) is 0 Å². The Bertz CT molecular complexity index is 677. The van der Waals surface area contributed by atoms with Crippen molar-refractivity contribution in [3.63, 3.8) is 0 Å². The van der Waals surface area contributed by atoms with E-state index in [4.69, 9.17) is 14.2 Å². The van der Waals surface area contributed by atoms with Crippen molar-refractivity contribution >= 4 is 29.7 Å². The van der Waals surface area contributed by atoms with E-state index in [9.17, 15) is 14.4 Å². The molecule has 154 valence electrons. The summed E-state index contributed by atoms with van der Waals surface area (Å²) < 4.78 is 15.4. The maximum absolute atomic E-state index is 11.6. The second kappa shape index (κ2) is 11.8. The summed E-state index contributed by atoms with van der Waals surface area (Å²) in [5.74, 6) is -0.629. The van der Waals surface area contributed by atoms with E-state index < -0.39 is 17.7 Å². The van der Waals surface area contributed by atoms with Gasteiger partial charge in [0.25, 0.3) is 0 Å². The zero-order valence-electron chi connectivity index (χ0n) is 16.7. The average Bonchev–Trinajstić information content (AvgIpc) is 2.58. The van der Waals surface area contributed by atoms with Crippen LogP contribution in [0.1, 0.15) is 33.3 Å². The fraction of sp³-hybridized carbons (Fsp3) is 0.450. The third kappa shape index (κ3) is 11.7. The first kappa shape index (κ1) is 23.2. The number of hydrogen-bond donors (Lipinski definition) is 2. The van der Waals surface area contributed by atoms with Crippen LogP contribution in [0.4, 0.5) is 10.5 Å². The number of alkyl carbamates (subject to hydrolysis) is 1. The maximum atomic E-state index is 11.6. The van der Waals surface area contributed by atoms with Crippen LogP contribution < -0.4 is 10.6 Å². The summed E-state index contributed by atoms with van der Waals surface area (Å²) >= 11 is 0. The first-order valence-corrected chi connectivity index (χ1v) is 8.93. The summed E-state index contributed by atoms with van der Waals surface area (Å²) in [5, 5.41) is 5.23. The number of benzene rings is 1. The van der Waals surface area contributed by atoms with Crippen LogP contribution in [0.3, 0.4) is 0 Å². The monoisotopic (exact) mass is 392 g/mol. The van der Waals surface area contributed by atoms with Crippen molar-refractivity contribution in [2.45, 2.75) is 33.3 Å². The molecule has 0 aliphatic carbocycles. The Morgan fingerprint density at radius 1 is 1.04 bits per heavy atom. The minimum absolute atomic E-state index is 0.108. The Hall–Kier alpha value is -2.87. The number of ether oxygens (including phenoxy) is 3. The van der Waals surface area contributed by atoms with E-state index in [1.165, 1.54) is 13.0 Å². The molecule has 0 bridgehead atoms. The molecule has 0 unspecified atom stereocenters. The first-order chi connectivity index (χ1) is 13.2. The Morgan fingerprint density at radius 2 is 1.71 bits per heavy atom. The molecule has 0 aliphatic rings. The number of carbonyl (C=O) groups is 3. The van der Waals surface area contributed by atoms with Crippen molar-refractivity contribution in [3.8, 4) is 0 Å². The minimum Gasteiger partial charge on any atom is -0.460 e. The van der Waals surface area contributed by atoms with Gasteiger partial charge in [-0.2, -0.15) is 0 Å². The van der Waals surface area contributed by atoms with Gasteiger partial charge in [0.2, 0.25) is 5.91 Å². The highest BCUT2D eigenvalue weighted by Gasteiger charge is 2.15. The maximum Gasteiger partial charge on any atom is 0.407 e. The van der Waals surface area contributed by atoms with Crippen LogP contribution in [0.2, 0.25) is 0 Å². The van der Waals surface area contributed by atoms with Gasteiger partial charge in [0.05, 0.1) is 13.2 Å². The van der Waals surface area contributed by atoms with Gasteiger partial charge in [-0.1, -0.05) is 12.1 Å². The highest BCUT2D eigenvalue weighted by atomic mass is 16.6. The lowest BCUT2D eigenvalue weighted by atomic mass is 10.2. The largest absolute Gasteiger partial charge is 0.460 e.